The number of rotatable bonds is 5. The molecule has 0 bridgehead atoms. The molecule has 5 heteroatoms. The van der Waals surface area contributed by atoms with Crippen molar-refractivity contribution in [2.24, 2.45) is 0 Å². The van der Waals surface area contributed by atoms with E-state index >= 15 is 0 Å². The number of halogens is 1. The van der Waals surface area contributed by atoms with Crippen LogP contribution in [0, 0.1) is 0 Å². The van der Waals surface area contributed by atoms with E-state index < -0.39 is 0 Å². The van der Waals surface area contributed by atoms with Crippen LogP contribution in [0.4, 0.5) is 0 Å². The van der Waals surface area contributed by atoms with Gasteiger partial charge in [0.25, 0.3) is 0 Å². The highest BCUT2D eigenvalue weighted by Gasteiger charge is 2.25. The zero-order chi connectivity index (χ0) is 15.7. The molecule has 2 aromatic heterocycles. The first-order valence-corrected chi connectivity index (χ1v) is 8.42. The van der Waals surface area contributed by atoms with Crippen molar-refractivity contribution in [1.29, 1.82) is 0 Å². The van der Waals surface area contributed by atoms with E-state index in [-0.39, 0.29) is 11.8 Å². The second-order valence-corrected chi connectivity index (χ2v) is 7.36. The summed E-state index contributed by atoms with van der Waals surface area (Å²) in [5.41, 5.74) is 1.77. The number of hydrogen-bond donors (Lipinski definition) is 2. The fourth-order valence-electron chi connectivity index (χ4n) is 2.61. The summed E-state index contributed by atoms with van der Waals surface area (Å²) >= 11 is 7.54. The van der Waals surface area contributed by atoms with Gasteiger partial charge in [0.05, 0.1) is 16.3 Å². The van der Waals surface area contributed by atoms with Crippen molar-refractivity contribution in [3.8, 4) is 0 Å². The quantitative estimate of drug-likeness (QED) is 0.691. The van der Waals surface area contributed by atoms with Gasteiger partial charge in [-0.2, -0.15) is 0 Å². The van der Waals surface area contributed by atoms with E-state index in [4.69, 9.17) is 11.6 Å². The first kappa shape index (κ1) is 15.3. The molecular weight excluding hydrogens is 316 g/mol. The number of aromatic amines is 1. The highest BCUT2D eigenvalue weighted by molar-refractivity contribution is 7.16. The number of aromatic nitrogens is 1. The van der Waals surface area contributed by atoms with Gasteiger partial charge in [0, 0.05) is 22.7 Å². The van der Waals surface area contributed by atoms with Crippen LogP contribution in [0.25, 0.3) is 10.9 Å². The van der Waals surface area contributed by atoms with Crippen LogP contribution in [0.1, 0.15) is 22.2 Å². The van der Waals surface area contributed by atoms with Crippen molar-refractivity contribution in [2.45, 2.75) is 19.5 Å². The lowest BCUT2D eigenvalue weighted by Crippen LogP contribution is -3.12. The molecule has 0 aliphatic heterocycles. The molecule has 22 heavy (non-hydrogen) atoms. The summed E-state index contributed by atoms with van der Waals surface area (Å²) in [6.07, 6.45) is 1.82. The van der Waals surface area contributed by atoms with Crippen LogP contribution in [0.5, 0.6) is 0 Å². The van der Waals surface area contributed by atoms with Crippen LogP contribution in [0.2, 0.25) is 4.34 Å². The average molecular weight is 334 g/mol. The number of ketones is 1. The summed E-state index contributed by atoms with van der Waals surface area (Å²) in [5, 5.41) is 0.992. The molecule has 0 amide bonds. The number of carbonyl (C=O) groups excluding carboxylic acids is 1. The third-order valence-electron chi connectivity index (χ3n) is 4.07. The molecule has 0 spiro atoms. The number of benzene rings is 1. The van der Waals surface area contributed by atoms with Gasteiger partial charge in [-0.15, -0.1) is 11.3 Å². The predicted octanol–water partition coefficient (Wildman–Crippen LogP) is 3.17. The maximum Gasteiger partial charge on any atom is 0.221 e. The Morgan fingerprint density at radius 3 is 2.82 bits per heavy atom. The van der Waals surface area contributed by atoms with Crippen LogP contribution >= 0.6 is 22.9 Å². The lowest BCUT2D eigenvalue weighted by Gasteiger charge is -2.19. The summed E-state index contributed by atoms with van der Waals surface area (Å²) in [6, 6.07) is 11.7. The fraction of sp³-hybridized carbons (Fsp3) is 0.235. The molecule has 0 aliphatic rings. The van der Waals surface area contributed by atoms with E-state index in [1.165, 1.54) is 4.88 Å². The normalized spacial score (nSPS) is 14.1. The molecule has 114 valence electrons. The highest BCUT2D eigenvalue weighted by Crippen LogP contribution is 2.21. The maximum atomic E-state index is 12.8. The van der Waals surface area contributed by atoms with Gasteiger partial charge in [-0.25, -0.2) is 0 Å². The van der Waals surface area contributed by atoms with Crippen molar-refractivity contribution in [1.82, 2.24) is 4.98 Å². The number of para-hydroxylation sites is 1. The first-order chi connectivity index (χ1) is 10.6. The predicted molar refractivity (Wildman–Crippen MR) is 92.0 cm³/mol. The molecule has 3 rings (SSSR count). The van der Waals surface area contributed by atoms with Crippen LogP contribution < -0.4 is 4.90 Å². The van der Waals surface area contributed by atoms with Crippen LogP contribution in [-0.4, -0.2) is 23.9 Å². The minimum absolute atomic E-state index is 0.111. The third-order valence-corrected chi connectivity index (χ3v) is 5.30. The Hall–Kier alpha value is -1.62. The Morgan fingerprint density at radius 1 is 1.32 bits per heavy atom. The van der Waals surface area contributed by atoms with Crippen LogP contribution in [0.3, 0.4) is 0 Å². The molecule has 0 saturated carbocycles. The molecule has 2 heterocycles. The number of Topliss-reactive ketones (excluding diaryl/α,β-unsaturated/α-hetero) is 1. The highest BCUT2D eigenvalue weighted by atomic mass is 35.5. The Kier molecular flexibility index (Phi) is 4.34. The van der Waals surface area contributed by atoms with Crippen molar-refractivity contribution in [3.05, 3.63) is 57.4 Å². The molecule has 3 nitrogen and oxygen atoms in total. The van der Waals surface area contributed by atoms with Gasteiger partial charge in [-0.05, 0) is 25.1 Å². The number of hydrogen-bond acceptors (Lipinski definition) is 2. The minimum atomic E-state index is -0.111. The van der Waals surface area contributed by atoms with Gasteiger partial charge < -0.3 is 9.88 Å². The van der Waals surface area contributed by atoms with E-state index in [0.29, 0.717) is 0 Å². The molecule has 1 unspecified atom stereocenters. The lowest BCUT2D eigenvalue weighted by molar-refractivity contribution is -0.907. The largest absolute Gasteiger partial charge is 0.360 e. The fourth-order valence-corrected chi connectivity index (χ4v) is 3.79. The topological polar surface area (TPSA) is 37.3 Å². The van der Waals surface area contributed by atoms with E-state index in [2.05, 4.69) is 4.98 Å². The number of fused-ring (bicyclic) bond motifs is 1. The molecular formula is C17H18ClN2OS+. The molecule has 1 aromatic carbocycles. The smallest absolute Gasteiger partial charge is 0.221 e. The zero-order valence-electron chi connectivity index (χ0n) is 12.5. The second kappa shape index (κ2) is 6.24. The Morgan fingerprint density at radius 2 is 2.09 bits per heavy atom. The summed E-state index contributed by atoms with van der Waals surface area (Å²) < 4.78 is 0.790. The number of nitrogens with one attached hydrogen (secondary N) is 2. The van der Waals surface area contributed by atoms with E-state index in [9.17, 15) is 4.79 Å². The number of likely N-dealkylation sites (N-methyl/N-ethyl adjacent to an activating group) is 1. The van der Waals surface area contributed by atoms with E-state index in [0.717, 1.165) is 32.2 Å². The number of carbonyl (C=O) groups is 1. The van der Waals surface area contributed by atoms with Crippen LogP contribution in [-0.2, 0) is 6.54 Å². The van der Waals surface area contributed by atoms with Crippen molar-refractivity contribution in [3.63, 3.8) is 0 Å². The standard InChI is InChI=1S/C17H17ClN2OS/c1-11(20(2)10-12-7-8-16(18)22-12)17(21)14-9-19-15-6-4-3-5-13(14)15/h3-9,11,19H,10H2,1-2H3/p+1/t11-/m0/s1. The van der Waals surface area contributed by atoms with E-state index in [1.807, 2.05) is 56.6 Å². The van der Waals surface area contributed by atoms with Gasteiger partial charge in [0.2, 0.25) is 5.78 Å². The zero-order valence-corrected chi connectivity index (χ0v) is 14.1. The number of quaternary nitrogens is 1. The average Bonchev–Trinajstić information content (AvgIpc) is 3.12. The van der Waals surface area contributed by atoms with Gasteiger partial charge in [-0.3, -0.25) is 4.79 Å². The SMILES string of the molecule is C[C@@H](C(=O)c1c[nH]c2ccccc12)[NH+](C)Cc1ccc(Cl)s1. The molecule has 0 saturated heterocycles. The van der Waals surface area contributed by atoms with Gasteiger partial charge >= 0.3 is 0 Å². The molecule has 2 N–H and O–H groups in total. The lowest BCUT2D eigenvalue weighted by atomic mass is 10.0. The second-order valence-electron chi connectivity index (χ2n) is 5.56. The molecule has 3 aromatic rings. The van der Waals surface area contributed by atoms with Crippen molar-refractivity contribution >= 4 is 39.6 Å². The molecule has 0 aliphatic carbocycles. The van der Waals surface area contributed by atoms with Crippen molar-refractivity contribution < 1.29 is 9.69 Å². The van der Waals surface area contributed by atoms with Gasteiger partial charge in [-0.1, -0.05) is 29.8 Å². The number of H-pyrrole nitrogens is 1. The summed E-state index contributed by atoms with van der Waals surface area (Å²) in [7, 11) is 2.05. The monoisotopic (exact) mass is 333 g/mol. The molecule has 2 atom stereocenters. The van der Waals surface area contributed by atoms with Crippen molar-refractivity contribution in [2.75, 3.05) is 7.05 Å². The first-order valence-electron chi connectivity index (χ1n) is 7.23. The minimum Gasteiger partial charge on any atom is -0.360 e. The van der Waals surface area contributed by atoms with Gasteiger partial charge in [0.1, 0.15) is 12.6 Å². The van der Waals surface area contributed by atoms with E-state index in [1.54, 1.807) is 11.3 Å². The molecule has 0 fully saturated rings. The molecule has 0 radical (unpaired) electrons. The van der Waals surface area contributed by atoms with Gasteiger partial charge in [0.15, 0.2) is 0 Å². The number of thiophene rings is 1. The maximum absolute atomic E-state index is 12.8. The summed E-state index contributed by atoms with van der Waals surface area (Å²) in [6.45, 7) is 2.78. The Bertz CT molecular complexity index is 808. The Balaban J connectivity index is 1.79. The summed E-state index contributed by atoms with van der Waals surface area (Å²) in [4.78, 5) is 18.3. The summed E-state index contributed by atoms with van der Waals surface area (Å²) in [5.74, 6) is 0.164. The van der Waals surface area contributed by atoms with Crippen LogP contribution in [0.15, 0.2) is 42.6 Å². The third kappa shape index (κ3) is 2.95. The Labute approximate surface area is 138 Å².